The van der Waals surface area contributed by atoms with Gasteiger partial charge >= 0.3 is 17.9 Å². The van der Waals surface area contributed by atoms with E-state index in [2.05, 4.69) is 0 Å². The molecule has 1 heterocycles. The molecule has 9 heteroatoms. The summed E-state index contributed by atoms with van der Waals surface area (Å²) in [4.78, 5) is 37.4. The normalized spacial score (nSPS) is 33.1. The molecule has 34 heavy (non-hydrogen) atoms. The highest BCUT2D eigenvalue weighted by atomic mass is 16.7. The Bertz CT molecular complexity index is 904. The van der Waals surface area contributed by atoms with Gasteiger partial charge in [-0.15, -0.1) is 0 Å². The molecule has 3 rings (SSSR count). The van der Waals surface area contributed by atoms with Crippen LogP contribution >= 0.6 is 0 Å². The smallest absolute Gasteiger partial charge is 0.335 e. The second-order valence-corrected chi connectivity index (χ2v) is 9.26. The third-order valence-electron chi connectivity index (χ3n) is 7.38. The molecule has 2 aliphatic carbocycles. The second-order valence-electron chi connectivity index (χ2n) is 9.26. The van der Waals surface area contributed by atoms with Crippen LogP contribution in [0.4, 0.5) is 0 Å². The van der Waals surface area contributed by atoms with Crippen LogP contribution in [-0.4, -0.2) is 68.4 Å². The average molecular weight is 479 g/mol. The van der Waals surface area contributed by atoms with Gasteiger partial charge in [0.15, 0.2) is 6.79 Å². The monoisotopic (exact) mass is 478 g/mol. The van der Waals surface area contributed by atoms with Gasteiger partial charge in [-0.2, -0.15) is 0 Å². The summed E-state index contributed by atoms with van der Waals surface area (Å²) in [5, 5.41) is 11.9. The summed E-state index contributed by atoms with van der Waals surface area (Å²) in [6, 6.07) is 0. The standard InChI is InChI=1S/C25H34O9/c1-17(20(26)33-16-32-15-14-30-3)6-5-10-23(2)19-9-12-24(22(28)34-23)11-7-18(21(27)31-4)8-13-25(19,24)29/h5-7,10,19,29H,8-9,11-16H2,1-4H3/b10-5+,17-6+/t19-,23+,24+,25-/m0/s1. The summed E-state index contributed by atoms with van der Waals surface area (Å²) in [7, 11) is 2.87. The van der Waals surface area contributed by atoms with Crippen LogP contribution in [0, 0.1) is 11.3 Å². The van der Waals surface area contributed by atoms with Crippen molar-refractivity contribution < 1.29 is 43.2 Å². The van der Waals surface area contributed by atoms with Crippen molar-refractivity contribution in [3.8, 4) is 0 Å². The Hall–Kier alpha value is -2.49. The van der Waals surface area contributed by atoms with Crippen LogP contribution in [0.3, 0.4) is 0 Å². The molecule has 0 unspecified atom stereocenters. The Labute approximate surface area is 199 Å². The zero-order valence-electron chi connectivity index (χ0n) is 20.3. The van der Waals surface area contributed by atoms with Crippen molar-refractivity contribution in [3.63, 3.8) is 0 Å². The van der Waals surface area contributed by atoms with E-state index in [9.17, 15) is 19.5 Å². The molecular formula is C25H34O9. The lowest BCUT2D eigenvalue weighted by atomic mass is 9.62. The number of carbonyl (C=O) groups excluding carboxylic acids is 3. The first kappa shape index (κ1) is 26.1. The summed E-state index contributed by atoms with van der Waals surface area (Å²) in [5.41, 5.74) is -2.63. The van der Waals surface area contributed by atoms with Crippen LogP contribution in [0.25, 0.3) is 0 Å². The first-order valence-electron chi connectivity index (χ1n) is 11.5. The number of ether oxygens (including phenoxy) is 5. The van der Waals surface area contributed by atoms with Gasteiger partial charge < -0.3 is 28.8 Å². The van der Waals surface area contributed by atoms with Crippen LogP contribution in [0.2, 0.25) is 0 Å². The number of carbonyl (C=O) groups is 3. The number of rotatable bonds is 9. The highest BCUT2D eigenvalue weighted by Gasteiger charge is 2.71. The van der Waals surface area contributed by atoms with Crippen molar-refractivity contribution >= 4 is 17.9 Å². The Morgan fingerprint density at radius 1 is 1.26 bits per heavy atom. The summed E-state index contributed by atoms with van der Waals surface area (Å²) in [6.45, 7) is 3.92. The molecule has 2 fully saturated rings. The number of aliphatic hydroxyl groups is 1. The van der Waals surface area contributed by atoms with E-state index < -0.39 is 34.5 Å². The summed E-state index contributed by atoms with van der Waals surface area (Å²) in [6.07, 6.45) is 8.53. The van der Waals surface area contributed by atoms with E-state index in [1.54, 1.807) is 45.3 Å². The van der Waals surface area contributed by atoms with E-state index >= 15 is 0 Å². The lowest BCUT2D eigenvalue weighted by Gasteiger charge is -2.52. The van der Waals surface area contributed by atoms with Crippen molar-refractivity contribution in [2.45, 2.75) is 57.2 Å². The molecule has 1 saturated carbocycles. The van der Waals surface area contributed by atoms with Gasteiger partial charge in [-0.3, -0.25) is 4.79 Å². The molecule has 0 aromatic rings. The molecule has 0 aromatic carbocycles. The van der Waals surface area contributed by atoms with Crippen molar-refractivity contribution in [2.75, 3.05) is 34.2 Å². The number of methoxy groups -OCH3 is 2. The maximum Gasteiger partial charge on any atom is 0.335 e. The largest absolute Gasteiger partial charge is 0.466 e. The topological polar surface area (TPSA) is 118 Å². The van der Waals surface area contributed by atoms with Crippen molar-refractivity contribution in [1.82, 2.24) is 0 Å². The second kappa shape index (κ2) is 10.4. The Morgan fingerprint density at radius 2 is 2.03 bits per heavy atom. The molecule has 1 saturated heterocycles. The maximum atomic E-state index is 13.3. The SMILES string of the molecule is COCCOCOC(=O)/C(C)=C/C=C/[C@@]1(C)OC(=O)[C@]23CC=C(C(=O)OC)CC[C@]2(O)[C@H]1CC3. The average Bonchev–Trinajstić information content (AvgIpc) is 2.93. The van der Waals surface area contributed by atoms with E-state index in [0.29, 0.717) is 43.6 Å². The minimum atomic E-state index is -1.31. The predicted octanol–water partition coefficient (Wildman–Crippen LogP) is 2.38. The molecular weight excluding hydrogens is 444 g/mol. The lowest BCUT2D eigenvalue weighted by Crippen LogP contribution is -2.63. The van der Waals surface area contributed by atoms with E-state index in [1.165, 1.54) is 7.11 Å². The fourth-order valence-electron chi connectivity index (χ4n) is 5.42. The van der Waals surface area contributed by atoms with Crippen molar-refractivity contribution in [1.29, 1.82) is 0 Å². The Kier molecular flexibility index (Phi) is 8.00. The van der Waals surface area contributed by atoms with Gasteiger partial charge in [0, 0.05) is 24.2 Å². The van der Waals surface area contributed by atoms with Crippen LogP contribution in [0.15, 0.2) is 35.5 Å². The Morgan fingerprint density at radius 3 is 2.74 bits per heavy atom. The number of allylic oxidation sites excluding steroid dienone is 3. The van der Waals surface area contributed by atoms with Crippen LogP contribution in [-0.2, 0) is 38.1 Å². The fourth-order valence-corrected chi connectivity index (χ4v) is 5.42. The third-order valence-corrected chi connectivity index (χ3v) is 7.38. The highest BCUT2D eigenvalue weighted by Crippen LogP contribution is 2.63. The first-order valence-corrected chi connectivity index (χ1v) is 11.5. The quantitative estimate of drug-likeness (QED) is 0.133. The van der Waals surface area contributed by atoms with Gasteiger partial charge in [0.05, 0.1) is 25.9 Å². The summed E-state index contributed by atoms with van der Waals surface area (Å²) < 4.78 is 25.7. The number of esters is 3. The molecule has 0 aromatic heterocycles. The van der Waals surface area contributed by atoms with E-state index in [-0.39, 0.29) is 25.6 Å². The molecule has 1 N–H and O–H groups in total. The fraction of sp³-hybridized carbons (Fsp3) is 0.640. The molecule has 1 aliphatic heterocycles. The van der Waals surface area contributed by atoms with Gasteiger partial charge in [-0.05, 0) is 52.0 Å². The first-order chi connectivity index (χ1) is 16.1. The molecule has 0 spiro atoms. The predicted molar refractivity (Wildman–Crippen MR) is 120 cm³/mol. The Balaban J connectivity index is 1.73. The van der Waals surface area contributed by atoms with Crippen molar-refractivity contribution in [2.24, 2.45) is 11.3 Å². The minimum absolute atomic E-state index is 0.175. The number of cyclic esters (lactones) is 1. The molecule has 3 aliphatic rings. The van der Waals surface area contributed by atoms with Gasteiger partial charge in [-0.25, -0.2) is 9.59 Å². The molecule has 9 nitrogen and oxygen atoms in total. The number of hydrogen-bond donors (Lipinski definition) is 1. The van der Waals surface area contributed by atoms with Gasteiger partial charge in [0.25, 0.3) is 0 Å². The van der Waals surface area contributed by atoms with Gasteiger partial charge in [0.1, 0.15) is 11.0 Å². The number of hydrogen-bond acceptors (Lipinski definition) is 9. The van der Waals surface area contributed by atoms with Crippen LogP contribution < -0.4 is 0 Å². The minimum Gasteiger partial charge on any atom is -0.466 e. The van der Waals surface area contributed by atoms with Crippen LogP contribution in [0.5, 0.6) is 0 Å². The molecule has 4 atom stereocenters. The molecule has 0 radical (unpaired) electrons. The van der Waals surface area contributed by atoms with E-state index in [0.717, 1.165) is 0 Å². The molecule has 0 amide bonds. The third kappa shape index (κ3) is 4.69. The zero-order valence-corrected chi connectivity index (χ0v) is 20.3. The molecule has 2 bridgehead atoms. The van der Waals surface area contributed by atoms with E-state index in [1.807, 2.05) is 0 Å². The lowest BCUT2D eigenvalue weighted by molar-refractivity contribution is -0.224. The summed E-state index contributed by atoms with van der Waals surface area (Å²) in [5.74, 6) is -1.79. The van der Waals surface area contributed by atoms with Crippen molar-refractivity contribution in [3.05, 3.63) is 35.5 Å². The van der Waals surface area contributed by atoms with Crippen LogP contribution in [0.1, 0.15) is 46.0 Å². The van der Waals surface area contributed by atoms with Gasteiger partial charge in [0.2, 0.25) is 0 Å². The maximum absolute atomic E-state index is 13.3. The van der Waals surface area contributed by atoms with E-state index in [4.69, 9.17) is 23.7 Å². The highest BCUT2D eigenvalue weighted by molar-refractivity contribution is 5.89. The summed E-state index contributed by atoms with van der Waals surface area (Å²) >= 11 is 0. The molecule has 188 valence electrons. The zero-order chi connectivity index (χ0) is 25.0. The van der Waals surface area contributed by atoms with Gasteiger partial charge in [-0.1, -0.05) is 18.2 Å².